The minimum Gasteiger partial charge on any atom is -0.436 e. The minimum atomic E-state index is -0.375. The summed E-state index contributed by atoms with van der Waals surface area (Å²) < 4.78 is 5.74. The fourth-order valence-electron chi connectivity index (χ4n) is 2.51. The molecule has 3 aromatic rings. The van der Waals surface area contributed by atoms with Crippen molar-refractivity contribution in [3.63, 3.8) is 0 Å². The Balaban J connectivity index is 1.68. The molecule has 0 saturated carbocycles. The van der Waals surface area contributed by atoms with Crippen molar-refractivity contribution >= 4 is 33.9 Å². The van der Waals surface area contributed by atoms with Crippen LogP contribution in [0.2, 0.25) is 0 Å². The Labute approximate surface area is 136 Å². The molecule has 0 radical (unpaired) electrons. The van der Waals surface area contributed by atoms with Crippen LogP contribution in [0.25, 0.3) is 22.6 Å². The van der Waals surface area contributed by atoms with Gasteiger partial charge in [-0.25, -0.2) is 4.98 Å². The predicted molar refractivity (Wildman–Crippen MR) is 88.6 cm³/mol. The fourth-order valence-corrected chi connectivity index (χ4v) is 3.34. The summed E-state index contributed by atoms with van der Waals surface area (Å²) in [7, 11) is 0. The molecule has 1 saturated heterocycles. The number of aromatic nitrogens is 1. The summed E-state index contributed by atoms with van der Waals surface area (Å²) in [5.74, 6) is 0.455. The highest BCUT2D eigenvalue weighted by molar-refractivity contribution is 8.15. The molecule has 114 valence electrons. The number of benzene rings is 2. The van der Waals surface area contributed by atoms with Crippen molar-refractivity contribution in [1.82, 2.24) is 10.3 Å². The van der Waals surface area contributed by atoms with Gasteiger partial charge in [0.25, 0.3) is 5.24 Å². The van der Waals surface area contributed by atoms with Gasteiger partial charge in [-0.1, -0.05) is 30.0 Å². The van der Waals surface area contributed by atoms with E-state index in [-0.39, 0.29) is 16.3 Å². The first-order chi connectivity index (χ1) is 11.2. The molecule has 0 spiro atoms. The van der Waals surface area contributed by atoms with Crippen LogP contribution in [-0.4, -0.2) is 27.8 Å². The Morgan fingerprint density at radius 2 is 2.04 bits per heavy atom. The summed E-state index contributed by atoms with van der Waals surface area (Å²) in [6.45, 7) is 0.369. The van der Waals surface area contributed by atoms with Crippen LogP contribution < -0.4 is 5.32 Å². The van der Waals surface area contributed by atoms with Crippen LogP contribution in [0, 0.1) is 0 Å². The lowest BCUT2D eigenvalue weighted by atomic mass is 10.1. The predicted octanol–water partition coefficient (Wildman–Crippen LogP) is 3.50. The molecule has 6 heteroatoms. The minimum absolute atomic E-state index is 0.0699. The smallest absolute Gasteiger partial charge is 0.279 e. The van der Waals surface area contributed by atoms with Gasteiger partial charge < -0.3 is 9.73 Å². The van der Waals surface area contributed by atoms with Crippen molar-refractivity contribution in [2.75, 3.05) is 6.54 Å². The van der Waals surface area contributed by atoms with Gasteiger partial charge in [-0.2, -0.15) is 0 Å². The Morgan fingerprint density at radius 3 is 2.78 bits per heavy atom. The Kier molecular flexibility index (Phi) is 3.38. The van der Waals surface area contributed by atoms with Gasteiger partial charge in [0.1, 0.15) is 5.52 Å². The standard InChI is InChI=1S/C17H12N2O3S/c20-15(14-9-18-17(21)23-14)11-6-7-13-12(8-11)19-16(22-13)10-4-2-1-3-5-10/h1-8,14H,9H2,(H,18,21). The summed E-state index contributed by atoms with van der Waals surface area (Å²) in [4.78, 5) is 28.1. The third-order valence-electron chi connectivity index (χ3n) is 3.67. The number of carbonyl (C=O) groups excluding carboxylic acids is 2. The van der Waals surface area contributed by atoms with Gasteiger partial charge in [0.15, 0.2) is 11.4 Å². The lowest BCUT2D eigenvalue weighted by Gasteiger charge is -2.04. The monoisotopic (exact) mass is 324 g/mol. The van der Waals surface area contributed by atoms with E-state index < -0.39 is 0 Å². The average Bonchev–Trinajstić information content (AvgIpc) is 3.20. The summed E-state index contributed by atoms with van der Waals surface area (Å²) in [6, 6.07) is 14.8. The van der Waals surface area contributed by atoms with Crippen LogP contribution in [0.15, 0.2) is 52.9 Å². The van der Waals surface area contributed by atoms with Gasteiger partial charge in [-0.05, 0) is 30.3 Å². The Bertz CT molecular complexity index is 905. The maximum Gasteiger partial charge on any atom is 0.279 e. The third-order valence-corrected chi connectivity index (χ3v) is 4.69. The van der Waals surface area contributed by atoms with Crippen molar-refractivity contribution < 1.29 is 14.0 Å². The molecule has 2 heterocycles. The highest BCUT2D eigenvalue weighted by Crippen LogP contribution is 2.27. The molecule has 2 aromatic carbocycles. The summed E-state index contributed by atoms with van der Waals surface area (Å²) in [5, 5.41) is 2.12. The van der Waals surface area contributed by atoms with Crippen molar-refractivity contribution in [3.8, 4) is 11.5 Å². The van der Waals surface area contributed by atoms with E-state index in [1.165, 1.54) is 0 Å². The molecule has 1 aromatic heterocycles. The molecule has 0 bridgehead atoms. The molecule has 1 atom stereocenters. The molecular formula is C17H12N2O3S. The second kappa shape index (κ2) is 5.55. The molecule has 5 nitrogen and oxygen atoms in total. The number of amides is 1. The van der Waals surface area contributed by atoms with Crippen LogP contribution in [-0.2, 0) is 0 Å². The average molecular weight is 324 g/mol. The quantitative estimate of drug-likeness (QED) is 0.747. The van der Waals surface area contributed by atoms with Crippen LogP contribution in [0.1, 0.15) is 10.4 Å². The summed E-state index contributed by atoms with van der Waals surface area (Å²) in [6.07, 6.45) is 0. The van der Waals surface area contributed by atoms with Gasteiger partial charge in [0.2, 0.25) is 5.89 Å². The number of rotatable bonds is 3. The highest BCUT2D eigenvalue weighted by Gasteiger charge is 2.29. The first-order valence-electron chi connectivity index (χ1n) is 7.15. The van der Waals surface area contributed by atoms with Crippen LogP contribution in [0.4, 0.5) is 4.79 Å². The number of hydrogen-bond acceptors (Lipinski definition) is 5. The van der Waals surface area contributed by atoms with E-state index in [4.69, 9.17) is 4.42 Å². The van der Waals surface area contributed by atoms with Gasteiger partial charge in [0.05, 0.1) is 5.25 Å². The number of thioether (sulfide) groups is 1. The topological polar surface area (TPSA) is 72.2 Å². The Morgan fingerprint density at radius 1 is 1.22 bits per heavy atom. The lowest BCUT2D eigenvalue weighted by molar-refractivity contribution is 0.0992. The number of Topliss-reactive ketones (excluding diaryl/α,β-unsaturated/α-hetero) is 1. The van der Waals surface area contributed by atoms with Gasteiger partial charge in [0, 0.05) is 17.7 Å². The fraction of sp³-hybridized carbons (Fsp3) is 0.118. The number of carbonyl (C=O) groups is 2. The van der Waals surface area contributed by atoms with Crippen molar-refractivity contribution in [1.29, 1.82) is 0 Å². The van der Waals surface area contributed by atoms with E-state index in [2.05, 4.69) is 10.3 Å². The van der Waals surface area contributed by atoms with Crippen molar-refractivity contribution in [2.45, 2.75) is 5.25 Å². The molecule has 0 aliphatic carbocycles. The molecule has 4 rings (SSSR count). The zero-order valence-electron chi connectivity index (χ0n) is 12.0. The number of fused-ring (bicyclic) bond motifs is 1. The second-order valence-corrected chi connectivity index (χ2v) is 6.38. The second-order valence-electron chi connectivity index (χ2n) is 5.21. The molecule has 23 heavy (non-hydrogen) atoms. The number of nitrogens with one attached hydrogen (secondary N) is 1. The third kappa shape index (κ3) is 2.61. The van der Waals surface area contributed by atoms with Gasteiger partial charge in [-0.15, -0.1) is 0 Å². The van der Waals surface area contributed by atoms with E-state index in [1.54, 1.807) is 18.2 Å². The van der Waals surface area contributed by atoms with Crippen LogP contribution in [0.5, 0.6) is 0 Å². The maximum absolute atomic E-state index is 12.4. The number of hydrogen-bond donors (Lipinski definition) is 1. The van der Waals surface area contributed by atoms with Gasteiger partial charge >= 0.3 is 0 Å². The molecule has 1 amide bonds. The molecule has 1 aliphatic heterocycles. The van der Waals surface area contributed by atoms with Crippen molar-refractivity contribution in [2.24, 2.45) is 0 Å². The zero-order chi connectivity index (χ0) is 15.8. The van der Waals surface area contributed by atoms with Crippen LogP contribution >= 0.6 is 11.8 Å². The zero-order valence-corrected chi connectivity index (χ0v) is 12.8. The molecular weight excluding hydrogens is 312 g/mol. The number of ketones is 1. The van der Waals surface area contributed by atoms with E-state index in [0.717, 1.165) is 17.3 Å². The van der Waals surface area contributed by atoms with E-state index in [0.29, 0.717) is 29.1 Å². The largest absolute Gasteiger partial charge is 0.436 e. The lowest BCUT2D eigenvalue weighted by Crippen LogP contribution is -2.22. The van der Waals surface area contributed by atoms with Crippen LogP contribution in [0.3, 0.4) is 0 Å². The molecule has 1 fully saturated rings. The van der Waals surface area contributed by atoms with E-state index >= 15 is 0 Å². The van der Waals surface area contributed by atoms with E-state index in [9.17, 15) is 9.59 Å². The maximum atomic E-state index is 12.4. The van der Waals surface area contributed by atoms with E-state index in [1.807, 2.05) is 30.3 Å². The molecule has 1 unspecified atom stereocenters. The molecule has 1 N–H and O–H groups in total. The number of nitrogens with zero attached hydrogens (tertiary/aromatic N) is 1. The number of oxazole rings is 1. The molecule has 1 aliphatic rings. The summed E-state index contributed by atoms with van der Waals surface area (Å²) >= 11 is 1.03. The first-order valence-corrected chi connectivity index (χ1v) is 8.03. The Hall–Kier alpha value is -2.60. The normalized spacial score (nSPS) is 17.4. The van der Waals surface area contributed by atoms with Gasteiger partial charge in [-0.3, -0.25) is 9.59 Å². The SMILES string of the molecule is O=C1NCC(C(=O)c2ccc3oc(-c4ccccc4)nc3c2)S1. The first kappa shape index (κ1) is 14.0. The highest BCUT2D eigenvalue weighted by atomic mass is 32.2. The summed E-state index contributed by atoms with van der Waals surface area (Å²) in [5.41, 5.74) is 2.70. The van der Waals surface area contributed by atoms with Crippen molar-refractivity contribution in [3.05, 3.63) is 54.1 Å².